The van der Waals surface area contributed by atoms with Crippen LogP contribution in [0.5, 0.6) is 5.75 Å². The predicted octanol–water partition coefficient (Wildman–Crippen LogP) is 3.01. The normalized spacial score (nSPS) is 11.9. The number of hydrogen-bond acceptors (Lipinski definition) is 3. The van der Waals surface area contributed by atoms with Gasteiger partial charge in [-0.15, -0.1) is 0 Å². The number of aliphatic hydroxyl groups is 1. The molecule has 1 atom stereocenters. The van der Waals surface area contributed by atoms with Gasteiger partial charge in [0.25, 0.3) is 5.91 Å². The summed E-state index contributed by atoms with van der Waals surface area (Å²) in [7, 11) is 0. The van der Waals surface area contributed by atoms with E-state index in [1.807, 2.05) is 0 Å². The average molecular weight is 271 g/mol. The van der Waals surface area contributed by atoms with E-state index in [4.69, 9.17) is 0 Å². The Balaban J connectivity index is 2.24. The first-order valence-corrected chi connectivity index (χ1v) is 6.37. The standard InChI is InChI=1S/C16H17NO3/c1-10-14(7-4-8-15(10)19)16(20)17-13-6-3-5-12(9-13)11(2)18/h3-9,11,18-19H,1-2H3,(H,17,20). The number of rotatable bonds is 3. The summed E-state index contributed by atoms with van der Waals surface area (Å²) >= 11 is 0. The number of aromatic hydroxyl groups is 1. The van der Waals surface area contributed by atoms with Crippen LogP contribution in [0.4, 0.5) is 5.69 Å². The van der Waals surface area contributed by atoms with Gasteiger partial charge in [-0.25, -0.2) is 0 Å². The average Bonchev–Trinajstić information content (AvgIpc) is 2.42. The second-order valence-electron chi connectivity index (χ2n) is 4.71. The fourth-order valence-corrected chi connectivity index (χ4v) is 1.94. The van der Waals surface area contributed by atoms with Crippen molar-refractivity contribution >= 4 is 11.6 Å². The second kappa shape index (κ2) is 5.75. The number of carbonyl (C=O) groups is 1. The van der Waals surface area contributed by atoms with E-state index >= 15 is 0 Å². The number of hydrogen-bond donors (Lipinski definition) is 3. The van der Waals surface area contributed by atoms with Crippen LogP contribution in [0, 0.1) is 6.92 Å². The zero-order valence-corrected chi connectivity index (χ0v) is 11.4. The fraction of sp³-hybridized carbons (Fsp3) is 0.188. The number of amides is 1. The monoisotopic (exact) mass is 271 g/mol. The van der Waals surface area contributed by atoms with Gasteiger partial charge in [-0.05, 0) is 43.7 Å². The van der Waals surface area contributed by atoms with Crippen LogP contribution in [0.1, 0.15) is 34.5 Å². The molecule has 2 aromatic carbocycles. The van der Waals surface area contributed by atoms with Gasteiger partial charge >= 0.3 is 0 Å². The number of phenolic OH excluding ortho intramolecular Hbond substituents is 1. The second-order valence-corrected chi connectivity index (χ2v) is 4.71. The van der Waals surface area contributed by atoms with Crippen molar-refractivity contribution in [2.45, 2.75) is 20.0 Å². The van der Waals surface area contributed by atoms with E-state index in [2.05, 4.69) is 5.32 Å². The van der Waals surface area contributed by atoms with Gasteiger partial charge in [0.2, 0.25) is 0 Å². The lowest BCUT2D eigenvalue weighted by molar-refractivity contribution is 0.102. The first kappa shape index (κ1) is 14.1. The highest BCUT2D eigenvalue weighted by atomic mass is 16.3. The summed E-state index contributed by atoms with van der Waals surface area (Å²) in [5.74, 6) is -0.198. The molecule has 0 aromatic heterocycles. The van der Waals surface area contributed by atoms with Crippen molar-refractivity contribution in [3.8, 4) is 5.75 Å². The van der Waals surface area contributed by atoms with Crippen LogP contribution in [0.25, 0.3) is 0 Å². The van der Waals surface area contributed by atoms with Crippen LogP contribution in [0.2, 0.25) is 0 Å². The predicted molar refractivity (Wildman–Crippen MR) is 77.9 cm³/mol. The van der Waals surface area contributed by atoms with E-state index in [0.29, 0.717) is 16.8 Å². The SMILES string of the molecule is Cc1c(O)cccc1C(=O)Nc1cccc(C(C)O)c1. The van der Waals surface area contributed by atoms with Crippen molar-refractivity contribution < 1.29 is 15.0 Å². The first-order chi connectivity index (χ1) is 9.49. The smallest absolute Gasteiger partial charge is 0.256 e. The molecule has 0 spiro atoms. The van der Waals surface area contributed by atoms with Crippen LogP contribution >= 0.6 is 0 Å². The van der Waals surface area contributed by atoms with E-state index in [1.54, 1.807) is 56.3 Å². The number of nitrogens with one attached hydrogen (secondary N) is 1. The van der Waals surface area contributed by atoms with Crippen LogP contribution in [-0.2, 0) is 0 Å². The quantitative estimate of drug-likeness (QED) is 0.803. The van der Waals surface area contributed by atoms with Gasteiger partial charge in [-0.1, -0.05) is 18.2 Å². The third-order valence-electron chi connectivity index (χ3n) is 3.18. The van der Waals surface area contributed by atoms with Gasteiger partial charge in [0.1, 0.15) is 5.75 Å². The Morgan fingerprint density at radius 3 is 2.60 bits per heavy atom. The summed E-state index contributed by atoms with van der Waals surface area (Å²) in [5.41, 5.74) is 2.30. The molecule has 4 heteroatoms. The molecule has 0 radical (unpaired) electrons. The molecule has 3 N–H and O–H groups in total. The van der Waals surface area contributed by atoms with E-state index in [9.17, 15) is 15.0 Å². The van der Waals surface area contributed by atoms with Crippen molar-refractivity contribution in [1.82, 2.24) is 0 Å². The molecule has 0 saturated carbocycles. The number of aliphatic hydroxyl groups excluding tert-OH is 1. The summed E-state index contributed by atoms with van der Waals surface area (Å²) in [6.07, 6.45) is -0.589. The Hall–Kier alpha value is -2.33. The van der Waals surface area contributed by atoms with Crippen molar-refractivity contribution in [3.63, 3.8) is 0 Å². The van der Waals surface area contributed by atoms with Gasteiger partial charge in [0.15, 0.2) is 0 Å². The Labute approximate surface area is 117 Å². The van der Waals surface area contributed by atoms with E-state index in [-0.39, 0.29) is 11.7 Å². The fourth-order valence-electron chi connectivity index (χ4n) is 1.94. The van der Waals surface area contributed by atoms with Crippen LogP contribution < -0.4 is 5.32 Å². The molecule has 20 heavy (non-hydrogen) atoms. The van der Waals surface area contributed by atoms with Gasteiger partial charge < -0.3 is 15.5 Å². The lowest BCUT2D eigenvalue weighted by Crippen LogP contribution is -2.13. The van der Waals surface area contributed by atoms with Crippen LogP contribution in [0.3, 0.4) is 0 Å². The molecule has 0 aliphatic heterocycles. The topological polar surface area (TPSA) is 69.6 Å². The number of carbonyl (C=O) groups excluding carboxylic acids is 1. The van der Waals surface area contributed by atoms with Gasteiger partial charge in [0.05, 0.1) is 6.10 Å². The highest BCUT2D eigenvalue weighted by molar-refractivity contribution is 6.05. The maximum Gasteiger partial charge on any atom is 0.256 e. The van der Waals surface area contributed by atoms with Gasteiger partial charge in [0, 0.05) is 16.8 Å². The molecule has 0 aliphatic carbocycles. The van der Waals surface area contributed by atoms with Gasteiger partial charge in [-0.3, -0.25) is 4.79 Å². The molecular weight excluding hydrogens is 254 g/mol. The lowest BCUT2D eigenvalue weighted by Gasteiger charge is -2.11. The molecule has 4 nitrogen and oxygen atoms in total. The molecule has 0 saturated heterocycles. The minimum atomic E-state index is -0.589. The molecule has 1 amide bonds. The zero-order valence-electron chi connectivity index (χ0n) is 11.4. The molecule has 104 valence electrons. The summed E-state index contributed by atoms with van der Waals surface area (Å²) in [6, 6.07) is 11.9. The minimum absolute atomic E-state index is 0.0929. The molecule has 1 unspecified atom stereocenters. The number of benzene rings is 2. The minimum Gasteiger partial charge on any atom is -0.508 e. The molecule has 0 heterocycles. The lowest BCUT2D eigenvalue weighted by atomic mass is 10.1. The highest BCUT2D eigenvalue weighted by Gasteiger charge is 2.12. The zero-order chi connectivity index (χ0) is 14.7. The summed E-state index contributed by atoms with van der Waals surface area (Å²) < 4.78 is 0. The number of anilines is 1. The van der Waals surface area contributed by atoms with Crippen molar-refractivity contribution in [2.24, 2.45) is 0 Å². The largest absolute Gasteiger partial charge is 0.508 e. The van der Waals surface area contributed by atoms with Crippen molar-refractivity contribution in [3.05, 3.63) is 59.2 Å². The summed E-state index contributed by atoms with van der Waals surface area (Å²) in [5, 5.41) is 21.9. The Bertz CT molecular complexity index is 635. The summed E-state index contributed by atoms with van der Waals surface area (Å²) in [4.78, 5) is 12.2. The van der Waals surface area contributed by atoms with Crippen molar-refractivity contribution in [2.75, 3.05) is 5.32 Å². The molecule has 0 bridgehead atoms. The van der Waals surface area contributed by atoms with Crippen LogP contribution in [0.15, 0.2) is 42.5 Å². The Morgan fingerprint density at radius 2 is 1.90 bits per heavy atom. The van der Waals surface area contributed by atoms with Crippen molar-refractivity contribution in [1.29, 1.82) is 0 Å². The first-order valence-electron chi connectivity index (χ1n) is 6.37. The Kier molecular flexibility index (Phi) is 4.05. The Morgan fingerprint density at radius 1 is 1.20 bits per heavy atom. The maximum atomic E-state index is 12.2. The highest BCUT2D eigenvalue weighted by Crippen LogP contribution is 2.22. The number of phenols is 1. The molecular formula is C16H17NO3. The maximum absolute atomic E-state index is 12.2. The third kappa shape index (κ3) is 2.97. The van der Waals surface area contributed by atoms with Crippen LogP contribution in [-0.4, -0.2) is 16.1 Å². The molecule has 0 aliphatic rings. The molecule has 0 fully saturated rings. The van der Waals surface area contributed by atoms with E-state index in [0.717, 1.165) is 5.56 Å². The molecule has 2 rings (SSSR count). The third-order valence-corrected chi connectivity index (χ3v) is 3.18. The van der Waals surface area contributed by atoms with E-state index in [1.165, 1.54) is 0 Å². The molecule has 2 aromatic rings. The van der Waals surface area contributed by atoms with E-state index < -0.39 is 6.10 Å². The van der Waals surface area contributed by atoms with Gasteiger partial charge in [-0.2, -0.15) is 0 Å². The summed E-state index contributed by atoms with van der Waals surface area (Å²) in [6.45, 7) is 3.36.